The van der Waals surface area contributed by atoms with Gasteiger partial charge >= 0.3 is 0 Å². The molecule has 1 amide bonds. The molecular formula is C18H19N7O. The molecular weight excluding hydrogens is 330 g/mol. The molecule has 3 aromatic heterocycles. The number of nitrogens with zero attached hydrogens (tertiary/aromatic N) is 5. The van der Waals surface area contributed by atoms with Crippen molar-refractivity contribution >= 4 is 11.7 Å². The molecule has 4 rings (SSSR count). The Morgan fingerprint density at radius 1 is 1.31 bits per heavy atom. The van der Waals surface area contributed by atoms with Crippen molar-refractivity contribution in [1.82, 2.24) is 30.0 Å². The van der Waals surface area contributed by atoms with Gasteiger partial charge < -0.3 is 10.2 Å². The smallest absolute Gasteiger partial charge is 0.272 e. The van der Waals surface area contributed by atoms with Crippen LogP contribution in [0.1, 0.15) is 35.1 Å². The van der Waals surface area contributed by atoms with Crippen LogP contribution >= 0.6 is 0 Å². The molecule has 132 valence electrons. The van der Waals surface area contributed by atoms with Crippen LogP contribution in [-0.2, 0) is 0 Å². The minimum absolute atomic E-state index is 0.0755. The van der Waals surface area contributed by atoms with Crippen LogP contribution in [0.25, 0.3) is 11.3 Å². The first-order chi connectivity index (χ1) is 12.8. The number of likely N-dealkylation sites (tertiary alicyclic amines) is 1. The van der Waals surface area contributed by atoms with E-state index in [1.165, 1.54) is 0 Å². The van der Waals surface area contributed by atoms with E-state index >= 15 is 0 Å². The fraction of sp³-hybridized carbons (Fsp3) is 0.278. The lowest BCUT2D eigenvalue weighted by atomic mass is 10.1. The third-order valence-corrected chi connectivity index (χ3v) is 4.53. The molecule has 3 aromatic rings. The molecule has 0 aromatic carbocycles. The van der Waals surface area contributed by atoms with E-state index in [0.717, 1.165) is 24.1 Å². The normalized spacial score (nSPS) is 16.7. The highest BCUT2D eigenvalue weighted by atomic mass is 16.2. The number of aromatic nitrogens is 5. The number of aromatic amines is 1. The van der Waals surface area contributed by atoms with Gasteiger partial charge in [-0.2, -0.15) is 5.10 Å². The molecule has 1 aliphatic rings. The van der Waals surface area contributed by atoms with Gasteiger partial charge in [-0.25, -0.2) is 4.98 Å². The van der Waals surface area contributed by atoms with Crippen LogP contribution in [-0.4, -0.2) is 49.5 Å². The van der Waals surface area contributed by atoms with Crippen molar-refractivity contribution in [2.45, 2.75) is 18.9 Å². The van der Waals surface area contributed by atoms with E-state index in [1.807, 2.05) is 17.0 Å². The molecule has 0 spiro atoms. The topological polar surface area (TPSA) is 99.7 Å². The molecule has 8 nitrogen and oxygen atoms in total. The summed E-state index contributed by atoms with van der Waals surface area (Å²) in [6.45, 7) is 0.691. The molecule has 2 N–H and O–H groups in total. The van der Waals surface area contributed by atoms with Crippen LogP contribution < -0.4 is 5.32 Å². The lowest BCUT2D eigenvalue weighted by Crippen LogP contribution is -2.31. The van der Waals surface area contributed by atoms with Gasteiger partial charge in [0.2, 0.25) is 0 Å². The number of hydrogen-bond acceptors (Lipinski definition) is 6. The maximum atomic E-state index is 13.0. The number of anilines is 1. The second-order valence-corrected chi connectivity index (χ2v) is 6.14. The molecule has 26 heavy (non-hydrogen) atoms. The first-order valence-electron chi connectivity index (χ1n) is 8.53. The number of pyridine rings is 1. The van der Waals surface area contributed by atoms with Gasteiger partial charge in [-0.15, -0.1) is 0 Å². The standard InChI is InChI=1S/C18H19N7O/c1-19-17-11-21-10-15(22-17)16-5-3-7-25(16)18(26)14-8-13(23-24-14)12-4-2-6-20-9-12/h2,4,6,8-11,16H,3,5,7H2,1H3,(H,19,22)(H,23,24). The number of carbonyl (C=O) groups is 1. The van der Waals surface area contributed by atoms with Gasteiger partial charge in [0, 0.05) is 31.5 Å². The van der Waals surface area contributed by atoms with Crippen molar-refractivity contribution in [3.05, 3.63) is 54.4 Å². The molecule has 0 bridgehead atoms. The van der Waals surface area contributed by atoms with Crippen molar-refractivity contribution in [2.75, 3.05) is 18.9 Å². The molecule has 0 radical (unpaired) electrons. The summed E-state index contributed by atoms with van der Waals surface area (Å²) in [5, 5.41) is 10.1. The van der Waals surface area contributed by atoms with Crippen LogP contribution in [0.3, 0.4) is 0 Å². The van der Waals surface area contributed by atoms with Crippen molar-refractivity contribution in [3.63, 3.8) is 0 Å². The zero-order valence-corrected chi connectivity index (χ0v) is 14.4. The molecule has 0 saturated carbocycles. The third kappa shape index (κ3) is 3.01. The average Bonchev–Trinajstić information content (AvgIpc) is 3.38. The Morgan fingerprint density at radius 3 is 3.04 bits per heavy atom. The second kappa shape index (κ2) is 6.91. The Hall–Kier alpha value is -3.29. The van der Waals surface area contributed by atoms with Crippen molar-refractivity contribution in [2.24, 2.45) is 0 Å². The number of carbonyl (C=O) groups excluding carboxylic acids is 1. The van der Waals surface area contributed by atoms with Crippen LogP contribution in [0.4, 0.5) is 5.82 Å². The number of rotatable bonds is 4. The predicted octanol–water partition coefficient (Wildman–Crippen LogP) is 2.28. The van der Waals surface area contributed by atoms with Crippen LogP contribution in [0, 0.1) is 0 Å². The second-order valence-electron chi connectivity index (χ2n) is 6.14. The summed E-state index contributed by atoms with van der Waals surface area (Å²) in [4.78, 5) is 27.7. The molecule has 4 heterocycles. The average molecular weight is 349 g/mol. The summed E-state index contributed by atoms with van der Waals surface area (Å²) in [6.07, 6.45) is 8.63. The van der Waals surface area contributed by atoms with Crippen LogP contribution in [0.2, 0.25) is 0 Å². The summed E-state index contributed by atoms with van der Waals surface area (Å²) >= 11 is 0. The SMILES string of the molecule is CNc1cncc(C2CCCN2C(=O)c2cc(-c3cccnc3)n[nH]2)n1. The Morgan fingerprint density at radius 2 is 2.23 bits per heavy atom. The third-order valence-electron chi connectivity index (χ3n) is 4.53. The highest BCUT2D eigenvalue weighted by Crippen LogP contribution is 2.32. The van der Waals surface area contributed by atoms with E-state index in [1.54, 1.807) is 37.9 Å². The lowest BCUT2D eigenvalue weighted by Gasteiger charge is -2.23. The molecule has 1 atom stereocenters. The largest absolute Gasteiger partial charge is 0.372 e. The van der Waals surface area contributed by atoms with Gasteiger partial charge in [0.1, 0.15) is 11.5 Å². The maximum Gasteiger partial charge on any atom is 0.272 e. The Kier molecular flexibility index (Phi) is 4.30. The van der Waals surface area contributed by atoms with Gasteiger partial charge in [-0.3, -0.25) is 19.9 Å². The minimum atomic E-state index is -0.0770. The van der Waals surface area contributed by atoms with Crippen LogP contribution in [0.5, 0.6) is 0 Å². The summed E-state index contributed by atoms with van der Waals surface area (Å²) < 4.78 is 0. The highest BCUT2D eigenvalue weighted by molar-refractivity contribution is 5.93. The first kappa shape index (κ1) is 16.2. The summed E-state index contributed by atoms with van der Waals surface area (Å²) in [7, 11) is 1.80. The van der Waals surface area contributed by atoms with Gasteiger partial charge in [0.15, 0.2) is 0 Å². The molecule has 0 aliphatic carbocycles. The van der Waals surface area contributed by atoms with Crippen molar-refractivity contribution in [3.8, 4) is 11.3 Å². The van der Waals surface area contributed by atoms with Crippen molar-refractivity contribution < 1.29 is 4.79 Å². The number of amides is 1. The first-order valence-corrected chi connectivity index (χ1v) is 8.53. The number of hydrogen-bond donors (Lipinski definition) is 2. The lowest BCUT2D eigenvalue weighted by molar-refractivity contribution is 0.0726. The van der Waals surface area contributed by atoms with E-state index in [-0.39, 0.29) is 11.9 Å². The minimum Gasteiger partial charge on any atom is -0.372 e. The zero-order chi connectivity index (χ0) is 17.9. The molecule has 1 aliphatic heterocycles. The quantitative estimate of drug-likeness (QED) is 0.749. The van der Waals surface area contributed by atoms with Crippen LogP contribution in [0.15, 0.2) is 43.0 Å². The monoisotopic (exact) mass is 349 g/mol. The van der Waals surface area contributed by atoms with E-state index in [0.29, 0.717) is 23.8 Å². The van der Waals surface area contributed by atoms with Gasteiger partial charge in [-0.05, 0) is 31.0 Å². The molecule has 1 fully saturated rings. The Labute approximate surface area is 150 Å². The Balaban J connectivity index is 1.58. The number of nitrogens with one attached hydrogen (secondary N) is 2. The number of H-pyrrole nitrogens is 1. The van der Waals surface area contributed by atoms with E-state index in [4.69, 9.17) is 0 Å². The van der Waals surface area contributed by atoms with Gasteiger partial charge in [0.05, 0.1) is 29.8 Å². The maximum absolute atomic E-state index is 13.0. The molecule has 1 saturated heterocycles. The fourth-order valence-electron chi connectivity index (χ4n) is 3.23. The van der Waals surface area contributed by atoms with Gasteiger partial charge in [0.25, 0.3) is 5.91 Å². The predicted molar refractivity (Wildman–Crippen MR) is 96.4 cm³/mol. The van der Waals surface area contributed by atoms with E-state index in [2.05, 4.69) is 30.5 Å². The van der Waals surface area contributed by atoms with E-state index in [9.17, 15) is 4.79 Å². The zero-order valence-electron chi connectivity index (χ0n) is 14.4. The highest BCUT2D eigenvalue weighted by Gasteiger charge is 2.32. The summed E-state index contributed by atoms with van der Waals surface area (Å²) in [5.74, 6) is 0.619. The molecule has 1 unspecified atom stereocenters. The van der Waals surface area contributed by atoms with Gasteiger partial charge in [-0.1, -0.05) is 0 Å². The van der Waals surface area contributed by atoms with Crippen molar-refractivity contribution in [1.29, 1.82) is 0 Å². The summed E-state index contributed by atoms with van der Waals surface area (Å²) in [6, 6.07) is 5.45. The molecule has 8 heteroatoms. The Bertz CT molecular complexity index is 909. The van der Waals surface area contributed by atoms with E-state index < -0.39 is 0 Å². The fourth-order valence-corrected chi connectivity index (χ4v) is 3.23. The summed E-state index contributed by atoms with van der Waals surface area (Å²) in [5.41, 5.74) is 2.84.